The standard InChI is InChI=1S/C25H48NO3P/c1-3-4-5-6-7-8-9-10-11-12-13-14-15-16-19-22-25(27)26-23-20-17-18-21-24-29-30(2)28/h10-11H,3-9,12-24H2,1-2H3/p+1/b11-10-. The third-order valence-electron chi connectivity index (χ3n) is 5.33. The van der Waals surface area contributed by atoms with Crippen molar-refractivity contribution in [1.82, 2.24) is 5.32 Å². The molecule has 5 heteroatoms. The number of unbranched alkanes of at least 4 members (excludes halogenated alkanes) is 14. The number of carbonyl (C=O) groups is 1. The summed E-state index contributed by atoms with van der Waals surface area (Å²) in [5.74, 6) is 0.193. The van der Waals surface area contributed by atoms with Gasteiger partial charge in [-0.1, -0.05) is 83.3 Å². The summed E-state index contributed by atoms with van der Waals surface area (Å²) in [5, 5.41) is 3.02. The van der Waals surface area contributed by atoms with E-state index in [4.69, 9.17) is 4.52 Å². The van der Waals surface area contributed by atoms with E-state index >= 15 is 0 Å². The summed E-state index contributed by atoms with van der Waals surface area (Å²) in [6.45, 7) is 5.20. The van der Waals surface area contributed by atoms with Crippen LogP contribution in [0.4, 0.5) is 0 Å². The maximum Gasteiger partial charge on any atom is 0.504 e. The molecule has 0 saturated carbocycles. The molecule has 30 heavy (non-hydrogen) atoms. The van der Waals surface area contributed by atoms with Gasteiger partial charge in [0, 0.05) is 13.0 Å². The van der Waals surface area contributed by atoms with E-state index in [1.165, 1.54) is 70.6 Å². The molecule has 0 spiro atoms. The van der Waals surface area contributed by atoms with Crippen molar-refractivity contribution >= 4 is 13.9 Å². The van der Waals surface area contributed by atoms with Gasteiger partial charge in [-0.3, -0.25) is 4.79 Å². The van der Waals surface area contributed by atoms with Gasteiger partial charge in [0.1, 0.15) is 6.61 Å². The van der Waals surface area contributed by atoms with Gasteiger partial charge in [0.25, 0.3) is 0 Å². The van der Waals surface area contributed by atoms with E-state index in [2.05, 4.69) is 24.4 Å². The third kappa shape index (κ3) is 25.3. The zero-order valence-corrected chi connectivity index (χ0v) is 20.9. The molecule has 1 N–H and O–H groups in total. The lowest BCUT2D eigenvalue weighted by atomic mass is 10.1. The quantitative estimate of drug-likeness (QED) is 0.0988. The molecule has 0 aliphatic heterocycles. The molecule has 176 valence electrons. The molecular formula is C25H49NO3P+. The zero-order valence-electron chi connectivity index (χ0n) is 20.0. The van der Waals surface area contributed by atoms with Gasteiger partial charge in [-0.15, -0.1) is 4.52 Å². The van der Waals surface area contributed by atoms with Crippen LogP contribution in [-0.2, 0) is 13.9 Å². The van der Waals surface area contributed by atoms with Crippen LogP contribution in [0.1, 0.15) is 122 Å². The van der Waals surface area contributed by atoms with E-state index in [0.717, 1.165) is 45.1 Å². The number of carbonyl (C=O) groups excluding carboxylic acids is 1. The highest BCUT2D eigenvalue weighted by molar-refractivity contribution is 7.38. The molecule has 0 rings (SSSR count). The minimum absolute atomic E-state index is 0.193. The van der Waals surface area contributed by atoms with E-state index in [1.807, 2.05) is 0 Å². The molecule has 1 amide bonds. The highest BCUT2D eigenvalue weighted by atomic mass is 31.1. The Morgan fingerprint density at radius 3 is 1.93 bits per heavy atom. The molecule has 0 aromatic heterocycles. The average molecular weight is 443 g/mol. The lowest BCUT2D eigenvalue weighted by Gasteiger charge is -2.05. The highest BCUT2D eigenvalue weighted by Crippen LogP contribution is 2.16. The second-order valence-corrected chi connectivity index (χ2v) is 9.51. The molecule has 1 unspecified atom stereocenters. The largest absolute Gasteiger partial charge is 0.504 e. The first kappa shape index (κ1) is 29.3. The normalized spacial score (nSPS) is 11.9. The molecule has 0 radical (unpaired) electrons. The number of rotatable bonds is 23. The fraction of sp³-hybridized carbons (Fsp3) is 0.880. The summed E-state index contributed by atoms with van der Waals surface area (Å²) >= 11 is 0. The van der Waals surface area contributed by atoms with Crippen molar-refractivity contribution in [3.8, 4) is 0 Å². The van der Waals surface area contributed by atoms with Crippen molar-refractivity contribution in [2.75, 3.05) is 19.8 Å². The predicted octanol–water partition coefficient (Wildman–Crippen LogP) is 8.09. The molecule has 0 bridgehead atoms. The minimum Gasteiger partial charge on any atom is -0.356 e. The van der Waals surface area contributed by atoms with Crippen LogP contribution in [-0.4, -0.2) is 25.7 Å². The zero-order chi connectivity index (χ0) is 22.1. The highest BCUT2D eigenvalue weighted by Gasteiger charge is 2.05. The second kappa shape index (κ2) is 24.5. The molecule has 0 fully saturated rings. The van der Waals surface area contributed by atoms with E-state index < -0.39 is 8.03 Å². The van der Waals surface area contributed by atoms with E-state index in [1.54, 1.807) is 6.66 Å². The van der Waals surface area contributed by atoms with Crippen LogP contribution in [0.2, 0.25) is 0 Å². The number of hydrogen-bond donors (Lipinski definition) is 1. The maximum atomic E-state index is 11.8. The fourth-order valence-corrected chi connectivity index (χ4v) is 3.83. The first-order valence-electron chi connectivity index (χ1n) is 12.6. The molecule has 0 aliphatic carbocycles. The second-order valence-electron chi connectivity index (χ2n) is 8.37. The van der Waals surface area contributed by atoms with Crippen molar-refractivity contribution in [3.63, 3.8) is 0 Å². The van der Waals surface area contributed by atoms with Gasteiger partial charge in [0.05, 0.1) is 0 Å². The summed E-state index contributed by atoms with van der Waals surface area (Å²) in [7, 11) is -1.46. The molecule has 0 heterocycles. The van der Waals surface area contributed by atoms with E-state index in [0.29, 0.717) is 13.0 Å². The topological polar surface area (TPSA) is 55.4 Å². The Bertz CT molecular complexity index is 427. The van der Waals surface area contributed by atoms with Crippen LogP contribution >= 0.6 is 8.03 Å². The summed E-state index contributed by atoms with van der Waals surface area (Å²) in [4.78, 5) is 11.8. The first-order chi connectivity index (χ1) is 14.7. The van der Waals surface area contributed by atoms with Crippen LogP contribution in [0.5, 0.6) is 0 Å². The summed E-state index contributed by atoms with van der Waals surface area (Å²) in [6, 6.07) is 0. The molecule has 0 saturated heterocycles. The fourth-order valence-electron chi connectivity index (χ4n) is 3.45. The third-order valence-corrected chi connectivity index (χ3v) is 5.88. The molecule has 0 aliphatic rings. The van der Waals surface area contributed by atoms with Gasteiger partial charge in [-0.25, -0.2) is 0 Å². The predicted molar refractivity (Wildman–Crippen MR) is 130 cm³/mol. The maximum absolute atomic E-state index is 11.8. The Kier molecular flexibility index (Phi) is 23.9. The van der Waals surface area contributed by atoms with Crippen molar-refractivity contribution in [2.45, 2.75) is 122 Å². The van der Waals surface area contributed by atoms with E-state index in [9.17, 15) is 9.36 Å². The van der Waals surface area contributed by atoms with Crippen molar-refractivity contribution < 1.29 is 13.9 Å². The van der Waals surface area contributed by atoms with Gasteiger partial charge >= 0.3 is 8.03 Å². The van der Waals surface area contributed by atoms with Gasteiger partial charge < -0.3 is 5.32 Å². The molecule has 0 aromatic carbocycles. The summed E-state index contributed by atoms with van der Waals surface area (Å²) < 4.78 is 15.8. The van der Waals surface area contributed by atoms with Gasteiger partial charge in [0.15, 0.2) is 6.66 Å². The number of nitrogens with one attached hydrogen (secondary N) is 1. The molecular weight excluding hydrogens is 393 g/mol. The van der Waals surface area contributed by atoms with Crippen LogP contribution in [0.15, 0.2) is 12.2 Å². The van der Waals surface area contributed by atoms with Crippen LogP contribution in [0.3, 0.4) is 0 Å². The van der Waals surface area contributed by atoms with Gasteiger partial charge in [-0.05, 0) is 49.5 Å². The Hall–Kier alpha value is -0.730. The first-order valence-corrected chi connectivity index (χ1v) is 14.2. The number of allylic oxidation sites excluding steroid dienone is 2. The summed E-state index contributed by atoms with van der Waals surface area (Å²) in [6.07, 6.45) is 26.2. The lowest BCUT2D eigenvalue weighted by molar-refractivity contribution is -0.121. The average Bonchev–Trinajstić information content (AvgIpc) is 2.72. The van der Waals surface area contributed by atoms with Crippen LogP contribution in [0.25, 0.3) is 0 Å². The SMILES string of the molecule is CCCCCCCC/C=C\CCCCCCCC(=O)NCCCCCCO[P+](C)=O. The molecule has 1 atom stereocenters. The monoisotopic (exact) mass is 442 g/mol. The smallest absolute Gasteiger partial charge is 0.356 e. The lowest BCUT2D eigenvalue weighted by Crippen LogP contribution is -2.23. The van der Waals surface area contributed by atoms with Crippen molar-refractivity contribution in [2.24, 2.45) is 0 Å². The Labute approximate surface area is 187 Å². The van der Waals surface area contributed by atoms with Crippen molar-refractivity contribution in [1.29, 1.82) is 0 Å². The van der Waals surface area contributed by atoms with Gasteiger partial charge in [0.2, 0.25) is 5.91 Å². The Morgan fingerprint density at radius 2 is 1.30 bits per heavy atom. The van der Waals surface area contributed by atoms with Crippen LogP contribution < -0.4 is 5.32 Å². The van der Waals surface area contributed by atoms with E-state index in [-0.39, 0.29) is 5.91 Å². The molecule has 4 nitrogen and oxygen atoms in total. The van der Waals surface area contributed by atoms with Crippen molar-refractivity contribution in [3.05, 3.63) is 12.2 Å². The summed E-state index contributed by atoms with van der Waals surface area (Å²) in [5.41, 5.74) is 0. The Morgan fingerprint density at radius 1 is 0.767 bits per heavy atom. The molecule has 0 aromatic rings. The number of amides is 1. The minimum atomic E-state index is -1.46. The van der Waals surface area contributed by atoms with Crippen LogP contribution in [0, 0.1) is 0 Å². The Balaban J connectivity index is 3.22. The number of hydrogen-bond acceptors (Lipinski definition) is 3. The van der Waals surface area contributed by atoms with Gasteiger partial charge in [-0.2, -0.15) is 0 Å².